The predicted molar refractivity (Wildman–Crippen MR) is 125 cm³/mol. The number of hydrogen-bond acceptors (Lipinski definition) is 4. The summed E-state index contributed by atoms with van der Waals surface area (Å²) in [5.41, 5.74) is -0.618. The first-order valence-corrected chi connectivity index (χ1v) is 10.8. The molecule has 0 spiro atoms. The van der Waals surface area contributed by atoms with Gasteiger partial charge in [0.15, 0.2) is 10.8 Å². The van der Waals surface area contributed by atoms with E-state index in [1.165, 1.54) is 47.1 Å². The van der Waals surface area contributed by atoms with Crippen LogP contribution in [0.5, 0.6) is 0 Å². The second-order valence-electron chi connectivity index (χ2n) is 7.90. The molecule has 1 atom stereocenters. The summed E-state index contributed by atoms with van der Waals surface area (Å²) in [6, 6.07) is 11.1. The lowest BCUT2D eigenvalue weighted by atomic mass is 10.0. The van der Waals surface area contributed by atoms with Gasteiger partial charge < -0.3 is 5.32 Å². The fourth-order valence-electron chi connectivity index (χ4n) is 4.12. The van der Waals surface area contributed by atoms with E-state index in [2.05, 4.69) is 15.4 Å². The van der Waals surface area contributed by atoms with Gasteiger partial charge in [0.25, 0.3) is 5.56 Å². The SMILES string of the molecule is C[C@H](Nc1cc(Cl)nn2ccnc12)c1cc2cccc(C(F)(F)F)c2c(=O)n1-c1cccc(F)c1. The molecular weight excluding hydrogens is 486 g/mol. The van der Waals surface area contributed by atoms with Gasteiger partial charge in [0, 0.05) is 24.2 Å². The Balaban J connectivity index is 1.76. The summed E-state index contributed by atoms with van der Waals surface area (Å²) in [7, 11) is 0. The van der Waals surface area contributed by atoms with E-state index in [9.17, 15) is 22.4 Å². The number of alkyl halides is 3. The number of rotatable bonds is 4. The fraction of sp³-hybridized carbons (Fsp3) is 0.125. The number of halogens is 5. The Morgan fingerprint density at radius 3 is 2.60 bits per heavy atom. The third-order valence-corrected chi connectivity index (χ3v) is 5.78. The monoisotopic (exact) mass is 501 g/mol. The van der Waals surface area contributed by atoms with Crippen LogP contribution in [0.2, 0.25) is 5.15 Å². The maximum absolute atomic E-state index is 14.1. The number of anilines is 1. The van der Waals surface area contributed by atoms with E-state index in [-0.39, 0.29) is 16.2 Å². The highest BCUT2D eigenvalue weighted by atomic mass is 35.5. The largest absolute Gasteiger partial charge is 0.417 e. The van der Waals surface area contributed by atoms with Crippen LogP contribution in [0.3, 0.4) is 0 Å². The molecule has 0 saturated carbocycles. The van der Waals surface area contributed by atoms with E-state index >= 15 is 0 Å². The minimum atomic E-state index is -4.75. The molecule has 1 N–H and O–H groups in total. The molecule has 0 fully saturated rings. The molecule has 5 rings (SSSR count). The number of benzene rings is 2. The van der Waals surface area contributed by atoms with E-state index in [1.807, 2.05) is 0 Å². The maximum atomic E-state index is 14.1. The number of aromatic nitrogens is 4. The van der Waals surface area contributed by atoms with Crippen LogP contribution < -0.4 is 10.9 Å². The van der Waals surface area contributed by atoms with Crippen molar-refractivity contribution < 1.29 is 17.6 Å². The van der Waals surface area contributed by atoms with Crippen LogP contribution in [-0.4, -0.2) is 19.2 Å². The Morgan fingerprint density at radius 2 is 1.86 bits per heavy atom. The third-order valence-electron chi connectivity index (χ3n) is 5.59. The average molecular weight is 502 g/mol. The topological polar surface area (TPSA) is 64.2 Å². The summed E-state index contributed by atoms with van der Waals surface area (Å²) >= 11 is 6.12. The first-order chi connectivity index (χ1) is 16.6. The van der Waals surface area contributed by atoms with E-state index < -0.39 is 34.5 Å². The first-order valence-electron chi connectivity index (χ1n) is 10.4. The predicted octanol–water partition coefficient (Wildman–Crippen LogP) is 6.02. The number of hydrogen-bond donors (Lipinski definition) is 1. The molecular formula is C24H16ClF4N5O. The number of imidazole rings is 1. The van der Waals surface area contributed by atoms with Gasteiger partial charge in [-0.05, 0) is 42.6 Å². The zero-order valence-corrected chi connectivity index (χ0v) is 18.8. The van der Waals surface area contributed by atoms with Gasteiger partial charge in [0.1, 0.15) is 5.82 Å². The van der Waals surface area contributed by atoms with Crippen molar-refractivity contribution in [1.29, 1.82) is 0 Å². The Bertz CT molecular complexity index is 1640. The summed E-state index contributed by atoms with van der Waals surface area (Å²) in [4.78, 5) is 17.8. The molecule has 0 aliphatic carbocycles. The van der Waals surface area contributed by atoms with Crippen LogP contribution in [0.1, 0.15) is 24.2 Å². The highest BCUT2D eigenvalue weighted by Crippen LogP contribution is 2.35. The van der Waals surface area contributed by atoms with E-state index in [4.69, 9.17) is 11.6 Å². The minimum Gasteiger partial charge on any atom is -0.374 e. The normalized spacial score (nSPS) is 12.9. The molecule has 2 aromatic carbocycles. The van der Waals surface area contributed by atoms with Crippen molar-refractivity contribution >= 4 is 33.7 Å². The smallest absolute Gasteiger partial charge is 0.374 e. The molecule has 0 radical (unpaired) electrons. The molecule has 3 heterocycles. The Morgan fingerprint density at radius 1 is 1.09 bits per heavy atom. The number of nitrogens with one attached hydrogen (secondary N) is 1. The molecule has 11 heteroatoms. The zero-order valence-electron chi connectivity index (χ0n) is 18.0. The zero-order chi connectivity index (χ0) is 24.9. The standard InChI is InChI=1S/C24H16ClF4N5O/c1-13(31-18-12-20(25)32-33-9-8-30-22(18)33)19-10-14-4-2-7-17(24(27,28)29)21(14)23(35)34(19)16-6-3-5-15(26)11-16/h2-13,31H,1H3/t13-/m0/s1. The van der Waals surface area contributed by atoms with Gasteiger partial charge in [0.05, 0.1) is 28.4 Å². The number of fused-ring (bicyclic) bond motifs is 2. The van der Waals surface area contributed by atoms with Gasteiger partial charge in [-0.15, -0.1) is 0 Å². The number of nitrogens with zero attached hydrogens (tertiary/aromatic N) is 4. The van der Waals surface area contributed by atoms with Crippen LogP contribution in [0, 0.1) is 5.82 Å². The second-order valence-corrected chi connectivity index (χ2v) is 8.29. The molecule has 0 bridgehead atoms. The Kier molecular flexibility index (Phi) is 5.47. The fourth-order valence-corrected chi connectivity index (χ4v) is 4.31. The van der Waals surface area contributed by atoms with Crippen LogP contribution in [0.4, 0.5) is 23.2 Å². The lowest BCUT2D eigenvalue weighted by molar-refractivity contribution is -0.136. The van der Waals surface area contributed by atoms with Gasteiger partial charge in [-0.25, -0.2) is 13.9 Å². The van der Waals surface area contributed by atoms with E-state index in [0.29, 0.717) is 17.0 Å². The number of pyridine rings is 1. The molecule has 0 amide bonds. The van der Waals surface area contributed by atoms with Crippen molar-refractivity contribution in [3.63, 3.8) is 0 Å². The van der Waals surface area contributed by atoms with Crippen molar-refractivity contribution in [2.45, 2.75) is 19.1 Å². The van der Waals surface area contributed by atoms with E-state index in [0.717, 1.165) is 16.7 Å². The van der Waals surface area contributed by atoms with Crippen molar-refractivity contribution in [3.8, 4) is 5.69 Å². The lowest BCUT2D eigenvalue weighted by Crippen LogP contribution is -2.27. The molecule has 0 unspecified atom stereocenters. The quantitative estimate of drug-likeness (QED) is 0.306. The van der Waals surface area contributed by atoms with Gasteiger partial charge in [-0.3, -0.25) is 9.36 Å². The summed E-state index contributed by atoms with van der Waals surface area (Å²) in [6.07, 6.45) is -1.61. The van der Waals surface area contributed by atoms with Crippen LogP contribution in [0.25, 0.3) is 22.1 Å². The molecule has 0 saturated heterocycles. The van der Waals surface area contributed by atoms with Gasteiger partial charge >= 0.3 is 6.18 Å². The molecule has 3 aromatic heterocycles. The summed E-state index contributed by atoms with van der Waals surface area (Å²) in [5, 5.41) is 7.12. The lowest BCUT2D eigenvalue weighted by Gasteiger charge is -2.23. The molecule has 0 aliphatic heterocycles. The molecule has 0 aliphatic rings. The Labute approximate surface area is 200 Å². The molecule has 6 nitrogen and oxygen atoms in total. The molecule has 5 aromatic rings. The van der Waals surface area contributed by atoms with Gasteiger partial charge in [-0.2, -0.15) is 18.3 Å². The summed E-state index contributed by atoms with van der Waals surface area (Å²) < 4.78 is 57.9. The van der Waals surface area contributed by atoms with E-state index in [1.54, 1.807) is 19.2 Å². The highest BCUT2D eigenvalue weighted by molar-refractivity contribution is 6.29. The van der Waals surface area contributed by atoms with Crippen LogP contribution in [-0.2, 0) is 6.18 Å². The average Bonchev–Trinajstić information content (AvgIpc) is 3.26. The highest BCUT2D eigenvalue weighted by Gasteiger charge is 2.34. The van der Waals surface area contributed by atoms with Gasteiger partial charge in [0.2, 0.25) is 0 Å². The van der Waals surface area contributed by atoms with Crippen LogP contribution >= 0.6 is 11.6 Å². The van der Waals surface area contributed by atoms with Gasteiger partial charge in [-0.1, -0.05) is 29.8 Å². The summed E-state index contributed by atoms with van der Waals surface area (Å²) in [5.74, 6) is -0.634. The maximum Gasteiger partial charge on any atom is 0.417 e. The minimum absolute atomic E-state index is 0.0937. The van der Waals surface area contributed by atoms with Crippen LogP contribution in [0.15, 0.2) is 71.8 Å². The molecule has 178 valence electrons. The molecule has 35 heavy (non-hydrogen) atoms. The Hall–Kier alpha value is -3.92. The van der Waals surface area contributed by atoms with Crippen molar-refractivity contribution in [1.82, 2.24) is 19.2 Å². The summed E-state index contributed by atoms with van der Waals surface area (Å²) in [6.45, 7) is 1.72. The van der Waals surface area contributed by atoms with Crippen molar-refractivity contribution in [2.75, 3.05) is 5.32 Å². The second kappa shape index (κ2) is 8.38. The first kappa shape index (κ1) is 22.9. The third kappa shape index (κ3) is 4.10. The van der Waals surface area contributed by atoms with Crippen molar-refractivity contribution in [2.24, 2.45) is 0 Å². The van der Waals surface area contributed by atoms with Crippen molar-refractivity contribution in [3.05, 3.63) is 99.6 Å².